The Hall–Kier alpha value is -0.610. The van der Waals surface area contributed by atoms with Gasteiger partial charge in [0, 0.05) is 12.8 Å². The summed E-state index contributed by atoms with van der Waals surface area (Å²) in [6, 6.07) is 0. The second-order valence-corrected chi connectivity index (χ2v) is 12.3. The molecule has 3 unspecified atom stereocenters. The van der Waals surface area contributed by atoms with Crippen molar-refractivity contribution >= 4 is 6.21 Å². The maximum absolute atomic E-state index is 10.2. The van der Waals surface area contributed by atoms with Crippen molar-refractivity contribution in [2.45, 2.75) is 97.0 Å². The zero-order valence-electron chi connectivity index (χ0n) is 20.7. The van der Waals surface area contributed by atoms with Gasteiger partial charge in [-0.15, -0.1) is 0 Å². The Morgan fingerprint density at radius 2 is 1.77 bits per heavy atom. The first kappa shape index (κ1) is 23.5. The number of oxime groups is 1. The SMILES string of the molecule is CN(C)CCCO/N=C/CCC1CC[C@H]2[C@@H]3CCC4CC(O)CC[C@]4(C)[C@@H]3CC[C@]12C. The van der Waals surface area contributed by atoms with Gasteiger partial charge in [0.05, 0.1) is 6.10 Å². The highest BCUT2D eigenvalue weighted by atomic mass is 16.6. The predicted molar refractivity (Wildman–Crippen MR) is 128 cm³/mol. The highest BCUT2D eigenvalue weighted by Gasteiger charge is 2.59. The summed E-state index contributed by atoms with van der Waals surface area (Å²) >= 11 is 0. The zero-order valence-corrected chi connectivity index (χ0v) is 20.7. The second kappa shape index (κ2) is 9.71. The van der Waals surface area contributed by atoms with E-state index in [1.54, 1.807) is 0 Å². The molecule has 4 rings (SSSR count). The summed E-state index contributed by atoms with van der Waals surface area (Å²) in [4.78, 5) is 7.63. The standard InChI is InChI=1S/C27H48N2O2/c1-26-15-13-25-23(10-8-21-19-22(30)12-14-27(21,25)2)24(26)11-9-20(26)7-5-16-28-31-18-6-17-29(3)4/h16,20-25,30H,5-15,17-19H2,1-4H3/b28-16+/t20?,21?,22?,23-,24-,25+,26+,27-/m0/s1. The minimum Gasteiger partial charge on any atom is -0.396 e. The fraction of sp³-hybridized carbons (Fsp3) is 0.963. The number of rotatable bonds is 8. The molecule has 4 saturated carbocycles. The Morgan fingerprint density at radius 3 is 2.58 bits per heavy atom. The van der Waals surface area contributed by atoms with Crippen molar-refractivity contribution in [3.63, 3.8) is 0 Å². The Kier molecular flexibility index (Phi) is 7.38. The van der Waals surface area contributed by atoms with Crippen molar-refractivity contribution in [2.75, 3.05) is 27.2 Å². The maximum atomic E-state index is 10.2. The van der Waals surface area contributed by atoms with Crippen LogP contribution >= 0.6 is 0 Å². The number of hydrogen-bond donors (Lipinski definition) is 1. The summed E-state index contributed by atoms with van der Waals surface area (Å²) < 4.78 is 0. The van der Waals surface area contributed by atoms with E-state index in [1.165, 1.54) is 51.4 Å². The maximum Gasteiger partial charge on any atom is 0.118 e. The number of fused-ring (bicyclic) bond motifs is 5. The Labute approximate surface area is 191 Å². The van der Waals surface area contributed by atoms with Crippen LogP contribution in [-0.4, -0.2) is 49.6 Å². The molecule has 0 radical (unpaired) electrons. The molecule has 31 heavy (non-hydrogen) atoms. The molecule has 178 valence electrons. The first-order valence-electron chi connectivity index (χ1n) is 13.3. The lowest BCUT2D eigenvalue weighted by atomic mass is 9.44. The molecule has 1 N–H and O–H groups in total. The molecule has 0 spiro atoms. The minimum atomic E-state index is -0.0297. The quantitative estimate of drug-likeness (QED) is 0.302. The van der Waals surface area contributed by atoms with Crippen molar-refractivity contribution in [1.82, 2.24) is 4.90 Å². The molecule has 4 nitrogen and oxygen atoms in total. The average Bonchev–Trinajstić information content (AvgIpc) is 3.06. The molecule has 4 fully saturated rings. The van der Waals surface area contributed by atoms with E-state index in [9.17, 15) is 5.11 Å². The molecule has 0 heterocycles. The normalized spacial score (nSPS) is 44.8. The Bertz CT molecular complexity index is 622. The smallest absolute Gasteiger partial charge is 0.118 e. The Balaban J connectivity index is 1.29. The van der Waals surface area contributed by atoms with E-state index in [0.29, 0.717) is 10.8 Å². The summed E-state index contributed by atoms with van der Waals surface area (Å²) in [6.45, 7) is 7.02. The van der Waals surface area contributed by atoms with Gasteiger partial charge in [0.1, 0.15) is 6.61 Å². The fourth-order valence-electron chi connectivity index (χ4n) is 8.70. The van der Waals surface area contributed by atoms with Crippen molar-refractivity contribution in [3.8, 4) is 0 Å². The first-order valence-corrected chi connectivity index (χ1v) is 13.3. The molecule has 4 aliphatic rings. The molecule has 0 aliphatic heterocycles. The topological polar surface area (TPSA) is 45.1 Å². The largest absolute Gasteiger partial charge is 0.396 e. The summed E-state index contributed by atoms with van der Waals surface area (Å²) in [5, 5.41) is 14.5. The van der Waals surface area contributed by atoms with Crippen molar-refractivity contribution in [2.24, 2.45) is 45.6 Å². The van der Waals surface area contributed by atoms with Crippen molar-refractivity contribution in [3.05, 3.63) is 0 Å². The number of aliphatic hydroxyl groups is 1. The lowest BCUT2D eigenvalue weighted by Crippen LogP contribution is -2.53. The highest BCUT2D eigenvalue weighted by molar-refractivity contribution is 5.56. The van der Waals surface area contributed by atoms with Crippen LogP contribution in [0, 0.1) is 40.4 Å². The van der Waals surface area contributed by atoms with Gasteiger partial charge in [-0.1, -0.05) is 19.0 Å². The lowest BCUT2D eigenvalue weighted by Gasteiger charge is -2.61. The second-order valence-electron chi connectivity index (χ2n) is 12.3. The van der Waals surface area contributed by atoms with Crippen molar-refractivity contribution in [1.29, 1.82) is 0 Å². The van der Waals surface area contributed by atoms with E-state index in [0.717, 1.165) is 68.4 Å². The molecular formula is C27H48N2O2. The van der Waals surface area contributed by atoms with E-state index in [-0.39, 0.29) is 6.10 Å². The van der Waals surface area contributed by atoms with Gasteiger partial charge >= 0.3 is 0 Å². The average molecular weight is 433 g/mol. The van der Waals surface area contributed by atoms with Crippen LogP contribution in [0.4, 0.5) is 0 Å². The number of hydrogen-bond acceptors (Lipinski definition) is 4. The van der Waals surface area contributed by atoms with Gasteiger partial charge in [-0.3, -0.25) is 0 Å². The summed E-state index contributed by atoms with van der Waals surface area (Å²) in [6.07, 6.45) is 17.3. The Morgan fingerprint density at radius 1 is 1.00 bits per heavy atom. The number of nitrogens with zero attached hydrogens (tertiary/aromatic N) is 2. The molecule has 0 amide bonds. The summed E-state index contributed by atoms with van der Waals surface area (Å²) in [7, 11) is 4.19. The van der Waals surface area contributed by atoms with Gasteiger partial charge in [0.2, 0.25) is 0 Å². The molecule has 0 aromatic carbocycles. The third-order valence-electron chi connectivity index (χ3n) is 10.5. The van der Waals surface area contributed by atoms with Gasteiger partial charge < -0.3 is 14.8 Å². The molecule has 4 aliphatic carbocycles. The monoisotopic (exact) mass is 432 g/mol. The van der Waals surface area contributed by atoms with Crippen molar-refractivity contribution < 1.29 is 9.94 Å². The molecule has 8 atom stereocenters. The van der Waals surface area contributed by atoms with Gasteiger partial charge in [0.25, 0.3) is 0 Å². The molecule has 0 saturated heterocycles. The van der Waals surface area contributed by atoms with E-state index >= 15 is 0 Å². The van der Waals surface area contributed by atoms with Gasteiger partial charge in [-0.25, -0.2) is 0 Å². The molecule has 0 aromatic rings. The van der Waals surface area contributed by atoms with Crippen LogP contribution in [0.2, 0.25) is 0 Å². The minimum absolute atomic E-state index is 0.0297. The van der Waals surface area contributed by atoms with Gasteiger partial charge in [-0.2, -0.15) is 0 Å². The van der Waals surface area contributed by atoms with E-state index in [1.807, 2.05) is 6.21 Å². The predicted octanol–water partition coefficient (Wildman–Crippen LogP) is 5.74. The third-order valence-corrected chi connectivity index (χ3v) is 10.5. The van der Waals surface area contributed by atoms with Crippen LogP contribution in [-0.2, 0) is 4.84 Å². The zero-order chi connectivity index (χ0) is 22.1. The van der Waals surface area contributed by atoms with Crippen LogP contribution in [0.5, 0.6) is 0 Å². The van der Waals surface area contributed by atoms with E-state index in [4.69, 9.17) is 4.84 Å². The molecule has 4 heteroatoms. The van der Waals surface area contributed by atoms with E-state index in [2.05, 4.69) is 38.0 Å². The fourth-order valence-corrected chi connectivity index (χ4v) is 8.70. The van der Waals surface area contributed by atoms with Crippen LogP contribution in [0.1, 0.15) is 90.9 Å². The van der Waals surface area contributed by atoms with Crippen LogP contribution in [0.15, 0.2) is 5.16 Å². The molecular weight excluding hydrogens is 384 g/mol. The van der Waals surface area contributed by atoms with Gasteiger partial charge in [-0.05, 0) is 132 Å². The summed E-state index contributed by atoms with van der Waals surface area (Å²) in [5.41, 5.74) is 1.04. The van der Waals surface area contributed by atoms with Gasteiger partial charge in [0.15, 0.2) is 0 Å². The summed E-state index contributed by atoms with van der Waals surface area (Å²) in [5.74, 6) is 4.41. The lowest BCUT2D eigenvalue weighted by molar-refractivity contribution is -0.126. The van der Waals surface area contributed by atoms with Crippen LogP contribution < -0.4 is 0 Å². The van der Waals surface area contributed by atoms with Crippen LogP contribution in [0.25, 0.3) is 0 Å². The van der Waals surface area contributed by atoms with E-state index < -0.39 is 0 Å². The first-order chi connectivity index (χ1) is 14.8. The highest BCUT2D eigenvalue weighted by Crippen LogP contribution is 2.67. The molecule has 0 bridgehead atoms. The number of aliphatic hydroxyl groups excluding tert-OH is 1. The van der Waals surface area contributed by atoms with Crippen LogP contribution in [0.3, 0.4) is 0 Å². The molecule has 0 aromatic heterocycles. The third kappa shape index (κ3) is 4.71.